The molecule has 0 fully saturated rings. The largest absolute Gasteiger partial charge is 0.381 e. The van der Waals surface area contributed by atoms with Crippen molar-refractivity contribution in [3.05, 3.63) is 24.3 Å². The van der Waals surface area contributed by atoms with Gasteiger partial charge in [-0.05, 0) is 64.2 Å². The highest BCUT2D eigenvalue weighted by Gasteiger charge is 2.03. The fraction of sp³-hybridized carbons (Fsp3) is 0.900. The van der Waals surface area contributed by atoms with Crippen LogP contribution in [0.15, 0.2) is 24.3 Å². The van der Waals surface area contributed by atoms with Crippen LogP contribution in [0.5, 0.6) is 0 Å². The van der Waals surface area contributed by atoms with Crippen LogP contribution in [0, 0.1) is 5.92 Å². The van der Waals surface area contributed by atoms with Gasteiger partial charge < -0.3 is 9.47 Å². The number of allylic oxidation sites excluding steroid dienone is 4. The van der Waals surface area contributed by atoms with Gasteiger partial charge in [-0.1, -0.05) is 161 Å². The maximum Gasteiger partial charge on any atom is 0.0513 e. The molecule has 0 aromatic carbocycles. The van der Waals surface area contributed by atoms with Gasteiger partial charge in [0.05, 0.1) is 13.2 Å². The summed E-state index contributed by atoms with van der Waals surface area (Å²) in [5, 5.41) is 0. The monoisotopic (exact) mass is 591 g/mol. The van der Waals surface area contributed by atoms with Gasteiger partial charge >= 0.3 is 0 Å². The van der Waals surface area contributed by atoms with Gasteiger partial charge in [0.1, 0.15) is 0 Å². The van der Waals surface area contributed by atoms with E-state index in [2.05, 4.69) is 45.1 Å². The molecule has 0 atom stereocenters. The van der Waals surface area contributed by atoms with Crippen LogP contribution in [0.2, 0.25) is 0 Å². The molecule has 0 N–H and O–H groups in total. The van der Waals surface area contributed by atoms with Gasteiger partial charge in [0.25, 0.3) is 0 Å². The van der Waals surface area contributed by atoms with Crippen LogP contribution in [0.1, 0.15) is 201 Å². The lowest BCUT2D eigenvalue weighted by molar-refractivity contribution is 0.0433. The van der Waals surface area contributed by atoms with Gasteiger partial charge in [0.2, 0.25) is 0 Å². The summed E-state index contributed by atoms with van der Waals surface area (Å²) in [6.07, 6.45) is 47.7. The number of rotatable bonds is 36. The maximum atomic E-state index is 5.91. The standard InChI is InChI=1S/C40H78O2/c1-4-6-8-10-12-14-16-18-20-22-24-26-28-30-32-34-36-41-38-40(3)39-42-37-35-33-31-29-27-25-23-21-19-17-15-13-11-9-7-5-2/h18-21,40H,4-17,22-39H2,1-3H3. The summed E-state index contributed by atoms with van der Waals surface area (Å²) in [5.41, 5.74) is 0. The van der Waals surface area contributed by atoms with Crippen molar-refractivity contribution in [2.45, 2.75) is 201 Å². The van der Waals surface area contributed by atoms with E-state index in [1.165, 1.54) is 180 Å². The first-order valence-electron chi connectivity index (χ1n) is 19.3. The van der Waals surface area contributed by atoms with Crippen molar-refractivity contribution in [2.75, 3.05) is 26.4 Å². The van der Waals surface area contributed by atoms with E-state index in [-0.39, 0.29) is 0 Å². The topological polar surface area (TPSA) is 18.5 Å². The molecule has 0 aromatic heterocycles. The molecule has 0 bridgehead atoms. The van der Waals surface area contributed by atoms with Gasteiger partial charge in [-0.25, -0.2) is 0 Å². The number of ether oxygens (including phenoxy) is 2. The average Bonchev–Trinajstić information content (AvgIpc) is 3.00. The molecular formula is C40H78O2. The highest BCUT2D eigenvalue weighted by molar-refractivity contribution is 4.82. The first-order valence-corrected chi connectivity index (χ1v) is 19.3. The van der Waals surface area contributed by atoms with Crippen molar-refractivity contribution in [3.8, 4) is 0 Å². The Kier molecular flexibility index (Phi) is 37.9. The lowest BCUT2D eigenvalue weighted by atomic mass is 10.1. The van der Waals surface area contributed by atoms with Crippen LogP contribution in [0.4, 0.5) is 0 Å². The van der Waals surface area contributed by atoms with Crippen molar-refractivity contribution < 1.29 is 9.47 Å². The van der Waals surface area contributed by atoms with Gasteiger partial charge in [-0.15, -0.1) is 0 Å². The third-order valence-electron chi connectivity index (χ3n) is 8.41. The molecule has 0 radical (unpaired) electrons. The van der Waals surface area contributed by atoms with Gasteiger partial charge in [-0.2, -0.15) is 0 Å². The summed E-state index contributed by atoms with van der Waals surface area (Å²) in [5.74, 6) is 0.508. The van der Waals surface area contributed by atoms with Crippen LogP contribution in [0.3, 0.4) is 0 Å². The summed E-state index contributed by atoms with van der Waals surface area (Å²) in [6.45, 7) is 10.4. The third kappa shape index (κ3) is 37.4. The predicted molar refractivity (Wildman–Crippen MR) is 190 cm³/mol. The van der Waals surface area contributed by atoms with Crippen LogP contribution in [0.25, 0.3) is 0 Å². The molecule has 0 aliphatic heterocycles. The number of hydrogen-bond acceptors (Lipinski definition) is 2. The van der Waals surface area contributed by atoms with Crippen molar-refractivity contribution in [2.24, 2.45) is 5.92 Å². The Labute approximate surface area is 266 Å². The molecule has 0 saturated carbocycles. The minimum Gasteiger partial charge on any atom is -0.381 e. The molecule has 0 amide bonds. The van der Waals surface area contributed by atoms with Crippen molar-refractivity contribution in [3.63, 3.8) is 0 Å². The lowest BCUT2D eigenvalue weighted by Crippen LogP contribution is -2.14. The van der Waals surface area contributed by atoms with Crippen LogP contribution in [-0.4, -0.2) is 26.4 Å². The van der Waals surface area contributed by atoms with Crippen LogP contribution < -0.4 is 0 Å². The summed E-state index contributed by atoms with van der Waals surface area (Å²) in [4.78, 5) is 0. The van der Waals surface area contributed by atoms with Crippen LogP contribution >= 0.6 is 0 Å². The third-order valence-corrected chi connectivity index (χ3v) is 8.41. The Hall–Kier alpha value is -0.600. The van der Waals surface area contributed by atoms with Gasteiger partial charge in [0, 0.05) is 19.1 Å². The summed E-state index contributed by atoms with van der Waals surface area (Å²) in [6, 6.07) is 0. The van der Waals surface area contributed by atoms with E-state index >= 15 is 0 Å². The molecule has 2 heteroatoms. The quantitative estimate of drug-likeness (QED) is 0.0533. The number of unbranched alkanes of at least 4 members (excludes halogenated alkanes) is 24. The lowest BCUT2D eigenvalue weighted by Gasteiger charge is -2.12. The highest BCUT2D eigenvalue weighted by Crippen LogP contribution is 2.12. The van der Waals surface area contributed by atoms with E-state index in [1.54, 1.807) is 0 Å². The molecule has 0 rings (SSSR count). The van der Waals surface area contributed by atoms with Crippen molar-refractivity contribution >= 4 is 0 Å². The SMILES string of the molecule is CCCCCCCCC=CCCCCCCCCOCC(C)COCCCCCCCCC=CCCCCCCCC. The normalized spacial score (nSPS) is 12.7. The molecule has 0 unspecified atom stereocenters. The zero-order chi connectivity index (χ0) is 30.4. The second-order valence-corrected chi connectivity index (χ2v) is 13.1. The Morgan fingerprint density at radius 3 is 0.929 bits per heavy atom. The Morgan fingerprint density at radius 1 is 0.357 bits per heavy atom. The van der Waals surface area contributed by atoms with E-state index < -0.39 is 0 Å². The smallest absolute Gasteiger partial charge is 0.0513 e. The molecule has 0 heterocycles. The average molecular weight is 591 g/mol. The minimum absolute atomic E-state index is 0.508. The zero-order valence-corrected chi connectivity index (χ0v) is 29.3. The predicted octanol–water partition coefficient (Wildman–Crippen LogP) is 13.7. The molecule has 0 aliphatic rings. The maximum absolute atomic E-state index is 5.91. The fourth-order valence-corrected chi connectivity index (χ4v) is 5.52. The molecular weight excluding hydrogens is 512 g/mol. The van der Waals surface area contributed by atoms with E-state index in [1.807, 2.05) is 0 Å². The summed E-state index contributed by atoms with van der Waals surface area (Å²) in [7, 11) is 0. The highest BCUT2D eigenvalue weighted by atomic mass is 16.5. The minimum atomic E-state index is 0.508. The summed E-state index contributed by atoms with van der Waals surface area (Å²) < 4.78 is 11.8. The van der Waals surface area contributed by atoms with E-state index in [0.717, 1.165) is 26.4 Å². The van der Waals surface area contributed by atoms with E-state index in [4.69, 9.17) is 9.47 Å². The fourth-order valence-electron chi connectivity index (χ4n) is 5.52. The summed E-state index contributed by atoms with van der Waals surface area (Å²) >= 11 is 0. The molecule has 0 saturated heterocycles. The Balaban J connectivity index is 3.21. The van der Waals surface area contributed by atoms with Gasteiger partial charge in [0.15, 0.2) is 0 Å². The molecule has 42 heavy (non-hydrogen) atoms. The zero-order valence-electron chi connectivity index (χ0n) is 29.3. The second-order valence-electron chi connectivity index (χ2n) is 13.1. The molecule has 0 aliphatic carbocycles. The molecule has 0 aromatic rings. The molecule has 2 nitrogen and oxygen atoms in total. The Bertz CT molecular complexity index is 480. The number of hydrogen-bond donors (Lipinski definition) is 0. The molecule has 250 valence electrons. The van der Waals surface area contributed by atoms with Crippen molar-refractivity contribution in [1.82, 2.24) is 0 Å². The second kappa shape index (κ2) is 38.4. The van der Waals surface area contributed by atoms with E-state index in [0.29, 0.717) is 5.92 Å². The van der Waals surface area contributed by atoms with Crippen LogP contribution in [-0.2, 0) is 9.47 Å². The van der Waals surface area contributed by atoms with Gasteiger partial charge in [-0.3, -0.25) is 0 Å². The molecule has 0 spiro atoms. The first kappa shape index (κ1) is 41.4. The van der Waals surface area contributed by atoms with E-state index in [9.17, 15) is 0 Å². The first-order chi connectivity index (χ1) is 20.8. The van der Waals surface area contributed by atoms with Crippen molar-refractivity contribution in [1.29, 1.82) is 0 Å². The Morgan fingerprint density at radius 2 is 0.619 bits per heavy atom.